The van der Waals surface area contributed by atoms with E-state index in [0.29, 0.717) is 13.2 Å². The molecular formula is C18H27N3O2S. The largest absolute Gasteiger partial charge is 0.383 e. The van der Waals surface area contributed by atoms with Crippen molar-refractivity contribution in [2.24, 2.45) is 0 Å². The van der Waals surface area contributed by atoms with E-state index in [9.17, 15) is 4.79 Å². The summed E-state index contributed by atoms with van der Waals surface area (Å²) in [6, 6.07) is 8.02. The normalized spacial score (nSPS) is 13.2. The van der Waals surface area contributed by atoms with Crippen molar-refractivity contribution in [2.45, 2.75) is 56.6 Å². The zero-order chi connectivity index (χ0) is 17.7. The van der Waals surface area contributed by atoms with Gasteiger partial charge >= 0.3 is 0 Å². The van der Waals surface area contributed by atoms with Crippen molar-refractivity contribution in [3.05, 3.63) is 24.3 Å². The predicted octanol–water partition coefficient (Wildman–Crippen LogP) is 3.47. The Morgan fingerprint density at radius 3 is 2.79 bits per heavy atom. The minimum atomic E-state index is -0.214. The smallest absolute Gasteiger partial charge is 0.233 e. The molecule has 1 heterocycles. The molecule has 2 aromatic rings. The summed E-state index contributed by atoms with van der Waals surface area (Å²) in [5, 5.41) is 3.74. The third kappa shape index (κ3) is 4.51. The Morgan fingerprint density at radius 2 is 2.12 bits per heavy atom. The van der Waals surface area contributed by atoms with Crippen LogP contribution in [0.4, 0.5) is 0 Å². The number of hydrogen-bond acceptors (Lipinski definition) is 4. The highest BCUT2D eigenvalue weighted by Crippen LogP contribution is 2.27. The highest BCUT2D eigenvalue weighted by atomic mass is 32.2. The number of carbonyl (C=O) groups excluding carboxylic acids is 1. The Morgan fingerprint density at radius 1 is 1.42 bits per heavy atom. The molecule has 1 aromatic carbocycles. The lowest BCUT2D eigenvalue weighted by molar-refractivity contribution is -0.121. The third-order valence-corrected chi connectivity index (χ3v) is 5.23. The van der Waals surface area contributed by atoms with Gasteiger partial charge in [-0.2, -0.15) is 0 Å². The molecule has 1 N–H and O–H groups in total. The second kappa shape index (κ2) is 8.03. The first-order chi connectivity index (χ1) is 11.4. The van der Waals surface area contributed by atoms with Crippen LogP contribution in [0.2, 0.25) is 0 Å². The molecule has 0 aliphatic rings. The van der Waals surface area contributed by atoms with E-state index in [0.717, 1.165) is 22.6 Å². The molecule has 0 bridgehead atoms. The number of fused-ring (bicyclic) bond motifs is 1. The maximum absolute atomic E-state index is 12.5. The van der Waals surface area contributed by atoms with E-state index in [-0.39, 0.29) is 16.7 Å². The number of nitrogens with zero attached hydrogens (tertiary/aromatic N) is 2. The van der Waals surface area contributed by atoms with Crippen molar-refractivity contribution >= 4 is 28.7 Å². The standard InChI is InChI=1S/C18H27N3O2S/c1-6-18(3,4)20-16(22)13(2)24-17-19-14-9-7-8-10-15(14)21(17)11-12-23-5/h7-10,13H,6,11-12H2,1-5H3,(H,20,22). The van der Waals surface area contributed by atoms with Crippen LogP contribution in [0.15, 0.2) is 29.4 Å². The van der Waals surface area contributed by atoms with Gasteiger partial charge in [0.15, 0.2) is 5.16 Å². The van der Waals surface area contributed by atoms with Gasteiger partial charge in [0.2, 0.25) is 5.91 Å². The number of benzene rings is 1. The summed E-state index contributed by atoms with van der Waals surface area (Å²) in [6.07, 6.45) is 0.891. The average molecular weight is 350 g/mol. The van der Waals surface area contributed by atoms with Gasteiger partial charge in [-0.05, 0) is 39.3 Å². The third-order valence-electron chi connectivity index (χ3n) is 4.14. The molecule has 0 saturated carbocycles. The molecule has 0 saturated heterocycles. The fourth-order valence-electron chi connectivity index (χ4n) is 2.28. The van der Waals surface area contributed by atoms with Gasteiger partial charge in [0.05, 0.1) is 22.9 Å². The van der Waals surface area contributed by atoms with Crippen LogP contribution in [-0.2, 0) is 16.1 Å². The van der Waals surface area contributed by atoms with Gasteiger partial charge in [-0.25, -0.2) is 4.98 Å². The van der Waals surface area contributed by atoms with Crippen molar-refractivity contribution in [2.75, 3.05) is 13.7 Å². The predicted molar refractivity (Wildman–Crippen MR) is 99.4 cm³/mol. The molecule has 5 nitrogen and oxygen atoms in total. The van der Waals surface area contributed by atoms with Gasteiger partial charge in [-0.15, -0.1) is 0 Å². The summed E-state index contributed by atoms with van der Waals surface area (Å²) in [6.45, 7) is 9.39. The first kappa shape index (κ1) is 18.8. The molecule has 1 atom stereocenters. The Kier molecular flexibility index (Phi) is 6.29. The summed E-state index contributed by atoms with van der Waals surface area (Å²) in [5.74, 6) is 0.0391. The van der Waals surface area contributed by atoms with Gasteiger partial charge in [-0.1, -0.05) is 30.8 Å². The lowest BCUT2D eigenvalue weighted by Crippen LogP contribution is -2.46. The van der Waals surface area contributed by atoms with Crippen LogP contribution < -0.4 is 5.32 Å². The summed E-state index contributed by atoms with van der Waals surface area (Å²) < 4.78 is 7.34. The zero-order valence-corrected chi connectivity index (χ0v) is 15.9. The lowest BCUT2D eigenvalue weighted by atomic mass is 10.0. The number of para-hydroxylation sites is 2. The Balaban J connectivity index is 2.20. The number of nitrogens with one attached hydrogen (secondary N) is 1. The second-order valence-corrected chi connectivity index (χ2v) is 7.82. The fraction of sp³-hybridized carbons (Fsp3) is 0.556. The molecule has 0 aliphatic carbocycles. The van der Waals surface area contributed by atoms with Gasteiger partial charge in [-0.3, -0.25) is 4.79 Å². The number of thioether (sulfide) groups is 1. The highest BCUT2D eigenvalue weighted by Gasteiger charge is 2.24. The van der Waals surface area contributed by atoms with E-state index < -0.39 is 0 Å². The van der Waals surface area contributed by atoms with Crippen LogP contribution in [0, 0.1) is 0 Å². The number of carbonyl (C=O) groups is 1. The molecule has 0 spiro atoms. The molecule has 1 amide bonds. The monoisotopic (exact) mass is 349 g/mol. The number of ether oxygens (including phenoxy) is 1. The SMILES string of the molecule is CCC(C)(C)NC(=O)C(C)Sc1nc2ccccc2n1CCOC. The molecule has 24 heavy (non-hydrogen) atoms. The minimum Gasteiger partial charge on any atom is -0.383 e. The van der Waals surface area contributed by atoms with Gasteiger partial charge in [0.25, 0.3) is 0 Å². The van der Waals surface area contributed by atoms with E-state index in [2.05, 4.69) is 16.8 Å². The van der Waals surface area contributed by atoms with Crippen LogP contribution in [0.1, 0.15) is 34.1 Å². The number of aromatic nitrogens is 2. The molecular weight excluding hydrogens is 322 g/mol. The fourth-order valence-corrected chi connectivity index (χ4v) is 3.23. The van der Waals surface area contributed by atoms with E-state index in [1.807, 2.05) is 45.0 Å². The molecule has 0 radical (unpaired) electrons. The van der Waals surface area contributed by atoms with Gasteiger partial charge < -0.3 is 14.6 Å². The number of methoxy groups -OCH3 is 1. The minimum absolute atomic E-state index is 0.0391. The van der Waals surface area contributed by atoms with Gasteiger partial charge in [0.1, 0.15) is 0 Å². The van der Waals surface area contributed by atoms with Crippen LogP contribution in [0.5, 0.6) is 0 Å². The number of rotatable bonds is 8. The van der Waals surface area contributed by atoms with Crippen molar-refractivity contribution in [3.63, 3.8) is 0 Å². The van der Waals surface area contributed by atoms with E-state index in [1.165, 1.54) is 11.8 Å². The second-order valence-electron chi connectivity index (χ2n) is 6.51. The lowest BCUT2D eigenvalue weighted by Gasteiger charge is -2.26. The first-order valence-corrected chi connectivity index (χ1v) is 9.19. The van der Waals surface area contributed by atoms with Crippen molar-refractivity contribution < 1.29 is 9.53 Å². The van der Waals surface area contributed by atoms with E-state index in [4.69, 9.17) is 9.72 Å². The Labute approximate surface area is 148 Å². The average Bonchev–Trinajstić information content (AvgIpc) is 2.89. The summed E-state index contributed by atoms with van der Waals surface area (Å²) in [4.78, 5) is 17.2. The molecule has 1 aromatic heterocycles. The van der Waals surface area contributed by atoms with Crippen molar-refractivity contribution in [3.8, 4) is 0 Å². The summed E-state index contributed by atoms with van der Waals surface area (Å²) >= 11 is 1.49. The van der Waals surface area contributed by atoms with Crippen molar-refractivity contribution in [1.29, 1.82) is 0 Å². The topological polar surface area (TPSA) is 56.2 Å². The maximum atomic E-state index is 12.5. The van der Waals surface area contributed by atoms with Crippen LogP contribution in [0.3, 0.4) is 0 Å². The van der Waals surface area contributed by atoms with E-state index in [1.54, 1.807) is 7.11 Å². The molecule has 0 aliphatic heterocycles. The van der Waals surface area contributed by atoms with E-state index >= 15 is 0 Å². The highest BCUT2D eigenvalue weighted by molar-refractivity contribution is 8.00. The van der Waals surface area contributed by atoms with Crippen LogP contribution >= 0.6 is 11.8 Å². The van der Waals surface area contributed by atoms with Crippen molar-refractivity contribution in [1.82, 2.24) is 14.9 Å². The number of imidazole rings is 1. The van der Waals surface area contributed by atoms with Crippen LogP contribution in [-0.4, -0.2) is 40.0 Å². The zero-order valence-electron chi connectivity index (χ0n) is 15.1. The molecule has 1 unspecified atom stereocenters. The first-order valence-electron chi connectivity index (χ1n) is 8.31. The molecule has 132 valence electrons. The molecule has 6 heteroatoms. The molecule has 2 rings (SSSR count). The summed E-state index contributed by atoms with van der Waals surface area (Å²) in [5.41, 5.74) is 1.82. The maximum Gasteiger partial charge on any atom is 0.233 e. The summed E-state index contributed by atoms with van der Waals surface area (Å²) in [7, 11) is 1.69. The Hall–Kier alpha value is -1.53. The number of hydrogen-bond donors (Lipinski definition) is 1. The van der Waals surface area contributed by atoms with Gasteiger partial charge in [0, 0.05) is 19.2 Å². The number of amides is 1. The van der Waals surface area contributed by atoms with Crippen LogP contribution in [0.25, 0.3) is 11.0 Å². The molecule has 0 fully saturated rings. The Bertz CT molecular complexity index is 697. The quantitative estimate of drug-likeness (QED) is 0.742.